The summed E-state index contributed by atoms with van der Waals surface area (Å²) in [7, 11) is 0. The van der Waals surface area contributed by atoms with Gasteiger partial charge < -0.3 is 9.87 Å². The smallest absolute Gasteiger partial charge is 0.768 e. The summed E-state index contributed by atoms with van der Waals surface area (Å²) in [5.41, 5.74) is 0.600. The van der Waals surface area contributed by atoms with Gasteiger partial charge in [-0.1, -0.05) is 13.8 Å². The predicted molar refractivity (Wildman–Crippen MR) is 57.1 cm³/mol. The van der Waals surface area contributed by atoms with E-state index in [0.29, 0.717) is 5.69 Å². The molecule has 4 nitrogen and oxygen atoms in total. The van der Waals surface area contributed by atoms with Crippen molar-refractivity contribution in [2.45, 2.75) is 18.7 Å². The third-order valence-electron chi connectivity index (χ3n) is 1.84. The molecule has 0 bridgehead atoms. The Morgan fingerprint density at radius 1 is 1.31 bits per heavy atom. The van der Waals surface area contributed by atoms with Gasteiger partial charge in [-0.15, -0.1) is 0 Å². The van der Waals surface area contributed by atoms with Crippen LogP contribution in [0.25, 0.3) is 0 Å². The Bertz CT molecular complexity index is 378. The molecule has 1 amide bonds. The van der Waals surface area contributed by atoms with Crippen molar-refractivity contribution in [3.63, 3.8) is 0 Å². The maximum Gasteiger partial charge on any atom is 1.00 e. The maximum absolute atomic E-state index is 11.3. The second-order valence-electron chi connectivity index (χ2n) is 3.40. The molecule has 1 aromatic rings. The minimum Gasteiger partial charge on any atom is -0.768 e. The van der Waals surface area contributed by atoms with Gasteiger partial charge in [-0.25, -0.2) is 0 Å². The van der Waals surface area contributed by atoms with Gasteiger partial charge in [0, 0.05) is 16.5 Å². The van der Waals surface area contributed by atoms with Crippen LogP contribution in [-0.2, 0) is 15.9 Å². The molecular formula is C10H12NNaO3S. The molecule has 0 fully saturated rings. The summed E-state index contributed by atoms with van der Waals surface area (Å²) in [6.45, 7) is 3.58. The van der Waals surface area contributed by atoms with E-state index in [4.69, 9.17) is 0 Å². The zero-order chi connectivity index (χ0) is 11.4. The predicted octanol–water partition coefficient (Wildman–Crippen LogP) is -1.48. The molecule has 1 aromatic carbocycles. The Morgan fingerprint density at radius 2 is 1.81 bits per heavy atom. The molecule has 0 radical (unpaired) electrons. The first-order valence-electron chi connectivity index (χ1n) is 4.51. The summed E-state index contributed by atoms with van der Waals surface area (Å²) in [6.07, 6.45) is 0. The molecule has 1 N–H and O–H groups in total. The number of amides is 1. The van der Waals surface area contributed by atoms with E-state index in [0.717, 1.165) is 0 Å². The quantitative estimate of drug-likeness (QED) is 0.525. The summed E-state index contributed by atoms with van der Waals surface area (Å²) < 4.78 is 21.1. The van der Waals surface area contributed by atoms with Crippen molar-refractivity contribution in [1.29, 1.82) is 0 Å². The van der Waals surface area contributed by atoms with Gasteiger partial charge in [0.15, 0.2) is 0 Å². The van der Waals surface area contributed by atoms with E-state index in [1.54, 1.807) is 26.0 Å². The number of benzene rings is 1. The van der Waals surface area contributed by atoms with Crippen LogP contribution in [0.4, 0.5) is 5.69 Å². The standard InChI is InChI=1S/C10H13NO3S.Na/c1-7(2)10(12)11-8-3-5-9(6-4-8)15(13)14;/h3-7H,1-2H3,(H,11,12)(H,13,14);/q;+1/p-1. The fraction of sp³-hybridized carbons (Fsp3) is 0.300. The van der Waals surface area contributed by atoms with E-state index in [-0.39, 0.29) is 46.3 Å². The van der Waals surface area contributed by atoms with Crippen molar-refractivity contribution < 1.29 is 43.1 Å². The van der Waals surface area contributed by atoms with Gasteiger partial charge in [0.1, 0.15) is 0 Å². The molecule has 1 atom stereocenters. The van der Waals surface area contributed by atoms with E-state index in [2.05, 4.69) is 5.32 Å². The molecule has 1 unspecified atom stereocenters. The number of anilines is 1. The van der Waals surface area contributed by atoms with Gasteiger partial charge in [0.25, 0.3) is 0 Å². The van der Waals surface area contributed by atoms with Crippen LogP contribution in [0.2, 0.25) is 0 Å². The van der Waals surface area contributed by atoms with E-state index in [1.807, 2.05) is 0 Å². The first-order chi connectivity index (χ1) is 7.00. The molecule has 0 aromatic heterocycles. The monoisotopic (exact) mass is 249 g/mol. The second-order valence-corrected chi connectivity index (χ2v) is 4.34. The topological polar surface area (TPSA) is 69.2 Å². The van der Waals surface area contributed by atoms with Crippen molar-refractivity contribution in [3.8, 4) is 0 Å². The van der Waals surface area contributed by atoms with Gasteiger partial charge in [0.2, 0.25) is 5.91 Å². The van der Waals surface area contributed by atoms with Crippen molar-refractivity contribution in [3.05, 3.63) is 24.3 Å². The zero-order valence-corrected chi connectivity index (χ0v) is 12.3. The minimum atomic E-state index is -2.22. The van der Waals surface area contributed by atoms with Crippen LogP contribution in [0.3, 0.4) is 0 Å². The zero-order valence-electron chi connectivity index (χ0n) is 9.52. The molecular weight excluding hydrogens is 237 g/mol. The summed E-state index contributed by atoms with van der Waals surface area (Å²) in [5, 5.41) is 2.67. The van der Waals surface area contributed by atoms with Gasteiger partial charge >= 0.3 is 29.6 Å². The van der Waals surface area contributed by atoms with E-state index in [9.17, 15) is 13.6 Å². The molecule has 0 spiro atoms. The Balaban J connectivity index is 0.00000225. The Morgan fingerprint density at radius 3 is 2.19 bits per heavy atom. The number of carbonyl (C=O) groups excluding carboxylic acids is 1. The minimum absolute atomic E-state index is 0. The van der Waals surface area contributed by atoms with Gasteiger partial charge in [-0.3, -0.25) is 9.00 Å². The molecule has 1 rings (SSSR count). The van der Waals surface area contributed by atoms with E-state index >= 15 is 0 Å². The number of hydrogen-bond donors (Lipinski definition) is 1. The molecule has 0 aliphatic carbocycles. The largest absolute Gasteiger partial charge is 1.00 e. The summed E-state index contributed by atoms with van der Waals surface area (Å²) in [4.78, 5) is 11.5. The normalized spacial score (nSPS) is 11.8. The molecule has 0 saturated heterocycles. The van der Waals surface area contributed by atoms with Crippen LogP contribution in [-0.4, -0.2) is 14.7 Å². The number of hydrogen-bond acceptors (Lipinski definition) is 3. The van der Waals surface area contributed by atoms with Crippen LogP contribution in [0, 0.1) is 5.92 Å². The molecule has 0 saturated carbocycles. The van der Waals surface area contributed by atoms with E-state index < -0.39 is 11.1 Å². The average molecular weight is 249 g/mol. The SMILES string of the molecule is CC(C)C(=O)Nc1ccc(S(=O)[O-])cc1.[Na+]. The van der Waals surface area contributed by atoms with Crippen molar-refractivity contribution in [2.75, 3.05) is 5.32 Å². The molecule has 0 heterocycles. The molecule has 82 valence electrons. The van der Waals surface area contributed by atoms with Crippen molar-refractivity contribution >= 4 is 22.7 Å². The van der Waals surface area contributed by atoms with Crippen molar-refractivity contribution in [1.82, 2.24) is 0 Å². The average Bonchev–Trinajstić information content (AvgIpc) is 2.18. The van der Waals surface area contributed by atoms with Gasteiger partial charge in [0.05, 0.1) is 0 Å². The summed E-state index contributed by atoms with van der Waals surface area (Å²) in [6, 6.07) is 6.01. The van der Waals surface area contributed by atoms with Crippen LogP contribution in [0.1, 0.15) is 13.8 Å². The van der Waals surface area contributed by atoms with E-state index in [1.165, 1.54) is 12.1 Å². The fourth-order valence-electron chi connectivity index (χ4n) is 0.936. The third kappa shape index (κ3) is 4.76. The van der Waals surface area contributed by atoms with Gasteiger partial charge in [-0.2, -0.15) is 0 Å². The summed E-state index contributed by atoms with van der Waals surface area (Å²) >= 11 is -2.22. The summed E-state index contributed by atoms with van der Waals surface area (Å²) in [5.74, 6) is -0.190. The van der Waals surface area contributed by atoms with Crippen LogP contribution in [0.5, 0.6) is 0 Å². The van der Waals surface area contributed by atoms with Gasteiger partial charge in [-0.05, 0) is 35.3 Å². The van der Waals surface area contributed by atoms with Crippen LogP contribution >= 0.6 is 0 Å². The van der Waals surface area contributed by atoms with Crippen LogP contribution < -0.4 is 34.9 Å². The molecule has 16 heavy (non-hydrogen) atoms. The third-order valence-corrected chi connectivity index (χ3v) is 2.50. The first-order valence-corrected chi connectivity index (χ1v) is 5.58. The Hall–Kier alpha value is -0.200. The van der Waals surface area contributed by atoms with Crippen LogP contribution in [0.15, 0.2) is 29.2 Å². The number of rotatable bonds is 3. The molecule has 6 heteroatoms. The number of nitrogens with one attached hydrogen (secondary N) is 1. The van der Waals surface area contributed by atoms with Crippen molar-refractivity contribution in [2.24, 2.45) is 5.92 Å². The Kier molecular flexibility index (Phi) is 7.10. The fourth-order valence-corrected chi connectivity index (χ4v) is 1.29. The number of carbonyl (C=O) groups is 1. The maximum atomic E-state index is 11.3. The second kappa shape index (κ2) is 7.19. The molecule has 0 aliphatic heterocycles. The Labute approximate surface area is 119 Å². The first kappa shape index (κ1) is 15.8. The molecule has 0 aliphatic rings.